The van der Waals surface area contributed by atoms with Gasteiger partial charge in [-0.15, -0.1) is 10.2 Å². The molecule has 3 aromatic rings. The normalized spacial score (nSPS) is 10.8. The van der Waals surface area contributed by atoms with Crippen LogP contribution >= 0.6 is 11.8 Å². The SMILES string of the molecule is CCn1c(Cc2ccc(OC)cc2)nnc1SCc1ccc(C)cc1. The zero-order valence-corrected chi connectivity index (χ0v) is 15.7. The maximum Gasteiger partial charge on any atom is 0.191 e. The Hall–Kier alpha value is -2.27. The van der Waals surface area contributed by atoms with Gasteiger partial charge in [-0.2, -0.15) is 0 Å². The lowest BCUT2D eigenvalue weighted by atomic mass is 10.1. The summed E-state index contributed by atoms with van der Waals surface area (Å²) < 4.78 is 7.41. The molecule has 0 amide bonds. The smallest absolute Gasteiger partial charge is 0.191 e. The van der Waals surface area contributed by atoms with Crippen LogP contribution in [0.3, 0.4) is 0 Å². The van der Waals surface area contributed by atoms with Crippen molar-refractivity contribution in [2.24, 2.45) is 0 Å². The molecule has 1 heterocycles. The summed E-state index contributed by atoms with van der Waals surface area (Å²) in [7, 11) is 1.68. The Bertz CT molecular complexity index is 810. The van der Waals surface area contributed by atoms with Gasteiger partial charge in [0.15, 0.2) is 5.16 Å². The topological polar surface area (TPSA) is 39.9 Å². The van der Waals surface area contributed by atoms with Crippen LogP contribution in [0.4, 0.5) is 0 Å². The van der Waals surface area contributed by atoms with Crippen molar-refractivity contribution >= 4 is 11.8 Å². The Morgan fingerprint density at radius 3 is 2.28 bits per heavy atom. The molecule has 0 radical (unpaired) electrons. The van der Waals surface area contributed by atoms with Crippen molar-refractivity contribution in [3.8, 4) is 5.75 Å². The first-order valence-electron chi connectivity index (χ1n) is 8.43. The molecule has 0 fully saturated rings. The molecule has 3 rings (SSSR count). The van der Waals surface area contributed by atoms with Crippen molar-refractivity contribution in [3.63, 3.8) is 0 Å². The Labute approximate surface area is 153 Å². The van der Waals surface area contributed by atoms with Crippen molar-refractivity contribution < 1.29 is 4.74 Å². The molecule has 4 nitrogen and oxygen atoms in total. The summed E-state index contributed by atoms with van der Waals surface area (Å²) in [4.78, 5) is 0. The molecule has 130 valence electrons. The molecule has 0 aliphatic rings. The fourth-order valence-electron chi connectivity index (χ4n) is 2.63. The number of methoxy groups -OCH3 is 1. The minimum absolute atomic E-state index is 0.774. The van der Waals surface area contributed by atoms with Crippen molar-refractivity contribution in [1.82, 2.24) is 14.8 Å². The van der Waals surface area contributed by atoms with Gasteiger partial charge in [-0.1, -0.05) is 53.7 Å². The lowest BCUT2D eigenvalue weighted by molar-refractivity contribution is 0.414. The monoisotopic (exact) mass is 353 g/mol. The van der Waals surface area contributed by atoms with E-state index in [0.717, 1.165) is 35.4 Å². The maximum absolute atomic E-state index is 5.21. The number of aryl methyl sites for hydroxylation is 1. The van der Waals surface area contributed by atoms with Gasteiger partial charge in [0.25, 0.3) is 0 Å². The molecule has 25 heavy (non-hydrogen) atoms. The second-order valence-corrected chi connectivity index (χ2v) is 6.88. The van der Waals surface area contributed by atoms with Crippen LogP contribution in [0.5, 0.6) is 5.75 Å². The van der Waals surface area contributed by atoms with E-state index in [0.29, 0.717) is 0 Å². The van der Waals surface area contributed by atoms with Crippen LogP contribution in [0.25, 0.3) is 0 Å². The lowest BCUT2D eigenvalue weighted by Gasteiger charge is -2.08. The molecular formula is C20H23N3OS. The van der Waals surface area contributed by atoms with Gasteiger partial charge in [-0.3, -0.25) is 0 Å². The van der Waals surface area contributed by atoms with Gasteiger partial charge in [0, 0.05) is 18.7 Å². The van der Waals surface area contributed by atoms with Gasteiger partial charge >= 0.3 is 0 Å². The molecule has 0 aliphatic heterocycles. The zero-order chi connectivity index (χ0) is 17.6. The second kappa shape index (κ2) is 8.21. The number of thioether (sulfide) groups is 1. The van der Waals surface area contributed by atoms with Crippen LogP contribution < -0.4 is 4.74 Å². The lowest BCUT2D eigenvalue weighted by Crippen LogP contribution is -2.04. The quantitative estimate of drug-likeness (QED) is 0.587. The van der Waals surface area contributed by atoms with Crippen molar-refractivity contribution in [2.75, 3.05) is 7.11 Å². The second-order valence-electron chi connectivity index (χ2n) is 5.94. The van der Waals surface area contributed by atoms with Crippen molar-refractivity contribution in [1.29, 1.82) is 0 Å². The highest BCUT2D eigenvalue weighted by Gasteiger charge is 2.12. The molecule has 0 bridgehead atoms. The summed E-state index contributed by atoms with van der Waals surface area (Å²) in [6.45, 7) is 5.11. The zero-order valence-electron chi connectivity index (χ0n) is 14.9. The van der Waals surface area contributed by atoms with Gasteiger partial charge in [-0.25, -0.2) is 0 Å². The third-order valence-corrected chi connectivity index (χ3v) is 5.16. The first-order chi connectivity index (χ1) is 12.2. The molecule has 0 saturated carbocycles. The van der Waals surface area contributed by atoms with E-state index in [-0.39, 0.29) is 0 Å². The van der Waals surface area contributed by atoms with E-state index in [1.54, 1.807) is 18.9 Å². The Kier molecular flexibility index (Phi) is 5.76. The summed E-state index contributed by atoms with van der Waals surface area (Å²) in [5, 5.41) is 9.79. The van der Waals surface area contributed by atoms with Gasteiger partial charge in [0.1, 0.15) is 11.6 Å². The van der Waals surface area contributed by atoms with Crippen LogP contribution in [0, 0.1) is 6.92 Å². The molecule has 1 aromatic heterocycles. The minimum atomic E-state index is 0.774. The Morgan fingerprint density at radius 1 is 0.960 bits per heavy atom. The summed E-state index contributed by atoms with van der Waals surface area (Å²) in [6, 6.07) is 16.8. The molecule has 5 heteroatoms. The number of ether oxygens (including phenoxy) is 1. The number of aromatic nitrogens is 3. The van der Waals surface area contributed by atoms with E-state index < -0.39 is 0 Å². The Morgan fingerprint density at radius 2 is 1.64 bits per heavy atom. The largest absolute Gasteiger partial charge is 0.497 e. The molecular weight excluding hydrogens is 330 g/mol. The predicted octanol–water partition coefficient (Wildman–Crippen LogP) is 4.50. The van der Waals surface area contributed by atoms with Crippen LogP contribution in [0.2, 0.25) is 0 Å². The summed E-state index contributed by atoms with van der Waals surface area (Å²) >= 11 is 1.74. The number of benzene rings is 2. The maximum atomic E-state index is 5.21. The first kappa shape index (κ1) is 17.5. The highest BCUT2D eigenvalue weighted by atomic mass is 32.2. The van der Waals surface area contributed by atoms with Crippen molar-refractivity contribution in [3.05, 3.63) is 71.0 Å². The van der Waals surface area contributed by atoms with E-state index in [1.165, 1.54) is 16.7 Å². The summed E-state index contributed by atoms with van der Waals surface area (Å²) in [5.41, 5.74) is 3.79. The fourth-order valence-corrected chi connectivity index (χ4v) is 3.61. The summed E-state index contributed by atoms with van der Waals surface area (Å²) in [5.74, 6) is 2.77. The highest BCUT2D eigenvalue weighted by Crippen LogP contribution is 2.23. The van der Waals surface area contributed by atoms with E-state index in [2.05, 4.69) is 65.0 Å². The van der Waals surface area contributed by atoms with Crippen LogP contribution in [-0.2, 0) is 18.7 Å². The van der Waals surface area contributed by atoms with Gasteiger partial charge < -0.3 is 9.30 Å². The molecule has 0 unspecified atom stereocenters. The number of nitrogens with zero attached hydrogens (tertiary/aromatic N) is 3. The number of hydrogen-bond donors (Lipinski definition) is 0. The van der Waals surface area contributed by atoms with Crippen molar-refractivity contribution in [2.45, 2.75) is 37.7 Å². The fraction of sp³-hybridized carbons (Fsp3) is 0.300. The van der Waals surface area contributed by atoms with E-state index in [9.17, 15) is 0 Å². The molecule has 0 saturated heterocycles. The summed E-state index contributed by atoms with van der Waals surface area (Å²) in [6.07, 6.45) is 0.774. The van der Waals surface area contributed by atoms with E-state index >= 15 is 0 Å². The molecule has 0 N–H and O–H groups in total. The molecule has 0 aliphatic carbocycles. The highest BCUT2D eigenvalue weighted by molar-refractivity contribution is 7.98. The molecule has 2 aromatic carbocycles. The third kappa shape index (κ3) is 4.42. The first-order valence-corrected chi connectivity index (χ1v) is 9.41. The Balaban J connectivity index is 1.70. The third-order valence-electron chi connectivity index (χ3n) is 4.12. The van der Waals surface area contributed by atoms with E-state index in [4.69, 9.17) is 4.74 Å². The van der Waals surface area contributed by atoms with Gasteiger partial charge in [0.2, 0.25) is 0 Å². The van der Waals surface area contributed by atoms with Crippen LogP contribution in [-0.4, -0.2) is 21.9 Å². The van der Waals surface area contributed by atoms with Crippen LogP contribution in [0.15, 0.2) is 53.7 Å². The van der Waals surface area contributed by atoms with Gasteiger partial charge in [-0.05, 0) is 37.1 Å². The average molecular weight is 353 g/mol. The van der Waals surface area contributed by atoms with Gasteiger partial charge in [0.05, 0.1) is 7.11 Å². The van der Waals surface area contributed by atoms with E-state index in [1.807, 2.05) is 12.1 Å². The predicted molar refractivity (Wildman–Crippen MR) is 102 cm³/mol. The molecule has 0 atom stereocenters. The molecule has 0 spiro atoms. The number of rotatable bonds is 7. The minimum Gasteiger partial charge on any atom is -0.497 e. The standard InChI is InChI=1S/C20H23N3OS/c1-4-23-19(13-16-9-11-18(24-3)12-10-16)21-22-20(23)25-14-17-7-5-15(2)6-8-17/h5-12H,4,13-14H2,1-3H3. The number of hydrogen-bond acceptors (Lipinski definition) is 4. The van der Waals surface area contributed by atoms with Crippen LogP contribution in [0.1, 0.15) is 29.4 Å². The average Bonchev–Trinajstić information content (AvgIpc) is 3.03.